The number of fused-ring (bicyclic) bond motifs is 1. The third kappa shape index (κ3) is 2.41. The van der Waals surface area contributed by atoms with Crippen molar-refractivity contribution >= 4 is 11.1 Å². The minimum absolute atomic E-state index is 0.333. The molecule has 0 spiro atoms. The van der Waals surface area contributed by atoms with Gasteiger partial charge >= 0.3 is 6.18 Å². The molecule has 0 saturated carbocycles. The van der Waals surface area contributed by atoms with Gasteiger partial charge in [0, 0.05) is 11.8 Å². The van der Waals surface area contributed by atoms with E-state index in [2.05, 4.69) is 20.2 Å². The summed E-state index contributed by atoms with van der Waals surface area (Å²) in [4.78, 5) is 7.83. The molecule has 5 nitrogen and oxygen atoms in total. The molecule has 3 heterocycles. The van der Waals surface area contributed by atoms with E-state index in [0.717, 1.165) is 12.3 Å². The number of para-hydroxylation sites is 2. The van der Waals surface area contributed by atoms with Gasteiger partial charge in [-0.3, -0.25) is 10.1 Å². The number of H-pyrrole nitrogens is 1. The van der Waals surface area contributed by atoms with Gasteiger partial charge in [0.1, 0.15) is 11.2 Å². The van der Waals surface area contributed by atoms with Crippen molar-refractivity contribution in [3.8, 4) is 22.7 Å². The van der Waals surface area contributed by atoms with E-state index in [0.29, 0.717) is 33.8 Å². The average molecular weight is 330 g/mol. The van der Waals surface area contributed by atoms with Crippen LogP contribution in [0, 0.1) is 0 Å². The molecular weight excluding hydrogens is 321 g/mol. The van der Waals surface area contributed by atoms with Gasteiger partial charge in [-0.1, -0.05) is 12.1 Å². The van der Waals surface area contributed by atoms with Gasteiger partial charge in [-0.05, 0) is 24.3 Å². The van der Waals surface area contributed by atoms with Crippen LogP contribution in [-0.2, 0) is 6.18 Å². The monoisotopic (exact) mass is 330 g/mol. The number of aromatic amines is 1. The Morgan fingerprint density at radius 1 is 1.00 bits per heavy atom. The smallest absolute Gasteiger partial charge is 0.433 e. The van der Waals surface area contributed by atoms with Crippen molar-refractivity contribution in [2.24, 2.45) is 0 Å². The number of aromatic nitrogens is 4. The molecule has 0 aliphatic rings. The number of halogens is 3. The Hall–Kier alpha value is -3.16. The second-order valence-corrected chi connectivity index (χ2v) is 5.08. The number of nitrogens with one attached hydrogen (secondary N) is 1. The van der Waals surface area contributed by atoms with Crippen LogP contribution in [0.15, 0.2) is 53.2 Å². The number of benzene rings is 1. The largest absolute Gasteiger partial charge is 0.436 e. The topological polar surface area (TPSA) is 67.6 Å². The summed E-state index contributed by atoms with van der Waals surface area (Å²) in [5.74, 6) is 0.333. The maximum absolute atomic E-state index is 12.6. The van der Waals surface area contributed by atoms with E-state index in [1.807, 2.05) is 18.2 Å². The quantitative estimate of drug-likeness (QED) is 0.595. The Balaban J connectivity index is 1.77. The van der Waals surface area contributed by atoms with Crippen LogP contribution in [0.2, 0.25) is 0 Å². The molecule has 8 heteroatoms. The summed E-state index contributed by atoms with van der Waals surface area (Å²) in [5, 5.41) is 6.69. The summed E-state index contributed by atoms with van der Waals surface area (Å²) in [6, 6.07) is 9.51. The molecule has 0 amide bonds. The van der Waals surface area contributed by atoms with Crippen LogP contribution in [0.1, 0.15) is 5.69 Å². The lowest BCUT2D eigenvalue weighted by molar-refractivity contribution is -0.141. The molecule has 120 valence electrons. The van der Waals surface area contributed by atoms with E-state index in [1.54, 1.807) is 6.07 Å². The Labute approximate surface area is 133 Å². The first-order valence-corrected chi connectivity index (χ1v) is 6.95. The number of alkyl halides is 3. The predicted molar refractivity (Wildman–Crippen MR) is 79.8 cm³/mol. The van der Waals surface area contributed by atoms with Gasteiger partial charge in [0.15, 0.2) is 5.58 Å². The molecule has 0 radical (unpaired) electrons. The second-order valence-electron chi connectivity index (χ2n) is 5.08. The van der Waals surface area contributed by atoms with Gasteiger partial charge in [0.05, 0.1) is 17.5 Å². The van der Waals surface area contributed by atoms with Gasteiger partial charge in [-0.25, -0.2) is 4.98 Å². The van der Waals surface area contributed by atoms with E-state index in [9.17, 15) is 13.2 Å². The molecule has 4 aromatic rings. The van der Waals surface area contributed by atoms with Crippen molar-refractivity contribution in [3.05, 3.63) is 54.5 Å². The van der Waals surface area contributed by atoms with Gasteiger partial charge in [-0.2, -0.15) is 18.3 Å². The van der Waals surface area contributed by atoms with Crippen LogP contribution in [0.4, 0.5) is 13.2 Å². The first-order valence-electron chi connectivity index (χ1n) is 6.95. The van der Waals surface area contributed by atoms with E-state index in [-0.39, 0.29) is 0 Å². The zero-order chi connectivity index (χ0) is 16.7. The Morgan fingerprint density at radius 2 is 1.83 bits per heavy atom. The summed E-state index contributed by atoms with van der Waals surface area (Å²) in [5.41, 5.74) is 1.85. The first kappa shape index (κ1) is 14.4. The van der Waals surface area contributed by atoms with Crippen molar-refractivity contribution in [1.29, 1.82) is 0 Å². The van der Waals surface area contributed by atoms with Crippen LogP contribution >= 0.6 is 0 Å². The van der Waals surface area contributed by atoms with Gasteiger partial charge < -0.3 is 4.42 Å². The number of oxazole rings is 1. The number of pyridine rings is 1. The maximum Gasteiger partial charge on any atom is 0.433 e. The highest BCUT2D eigenvalue weighted by Crippen LogP contribution is 2.33. The summed E-state index contributed by atoms with van der Waals surface area (Å²) in [6.45, 7) is 0. The van der Waals surface area contributed by atoms with Crippen LogP contribution in [0.5, 0.6) is 0 Å². The summed E-state index contributed by atoms with van der Waals surface area (Å²) >= 11 is 0. The lowest BCUT2D eigenvalue weighted by atomic mass is 10.1. The molecule has 4 rings (SSSR count). The van der Waals surface area contributed by atoms with Crippen molar-refractivity contribution < 1.29 is 17.6 Å². The van der Waals surface area contributed by atoms with Crippen LogP contribution < -0.4 is 0 Å². The molecule has 0 bridgehead atoms. The van der Waals surface area contributed by atoms with Crippen molar-refractivity contribution in [3.63, 3.8) is 0 Å². The summed E-state index contributed by atoms with van der Waals surface area (Å²) in [7, 11) is 0. The van der Waals surface area contributed by atoms with Crippen molar-refractivity contribution in [2.75, 3.05) is 0 Å². The van der Waals surface area contributed by atoms with Crippen LogP contribution in [-0.4, -0.2) is 20.2 Å². The molecular formula is C16H9F3N4O. The molecule has 1 aromatic carbocycles. The minimum Gasteiger partial charge on any atom is -0.436 e. The lowest BCUT2D eigenvalue weighted by Gasteiger charge is -2.06. The number of nitrogens with zero attached hydrogens (tertiary/aromatic N) is 3. The van der Waals surface area contributed by atoms with E-state index >= 15 is 0 Å². The fraction of sp³-hybridized carbons (Fsp3) is 0.0625. The Morgan fingerprint density at radius 3 is 2.54 bits per heavy atom. The molecule has 0 aliphatic carbocycles. The number of rotatable bonds is 2. The Kier molecular flexibility index (Phi) is 3.12. The number of hydrogen-bond acceptors (Lipinski definition) is 4. The molecule has 24 heavy (non-hydrogen) atoms. The minimum atomic E-state index is -4.48. The molecule has 0 atom stereocenters. The van der Waals surface area contributed by atoms with Gasteiger partial charge in [0.25, 0.3) is 0 Å². The standard InChI is InChI=1S/C16H9F3N4O/c17-16(18,19)13-6-5-9(7-20-13)14-10(8-21-23-14)15-22-11-3-1-2-4-12(11)24-15/h1-8H,(H,21,23). The molecule has 0 unspecified atom stereocenters. The van der Waals surface area contributed by atoms with Crippen molar-refractivity contribution in [1.82, 2.24) is 20.2 Å². The fourth-order valence-corrected chi connectivity index (χ4v) is 2.37. The summed E-state index contributed by atoms with van der Waals surface area (Å²) in [6.07, 6.45) is -1.82. The van der Waals surface area contributed by atoms with E-state index in [1.165, 1.54) is 12.3 Å². The van der Waals surface area contributed by atoms with Gasteiger partial charge in [-0.15, -0.1) is 0 Å². The highest BCUT2D eigenvalue weighted by molar-refractivity contribution is 5.81. The summed E-state index contributed by atoms with van der Waals surface area (Å²) < 4.78 is 43.5. The highest BCUT2D eigenvalue weighted by Gasteiger charge is 2.32. The average Bonchev–Trinajstić information content (AvgIpc) is 3.20. The van der Waals surface area contributed by atoms with Crippen LogP contribution in [0.25, 0.3) is 33.8 Å². The van der Waals surface area contributed by atoms with E-state index < -0.39 is 11.9 Å². The molecule has 3 aromatic heterocycles. The molecule has 0 saturated heterocycles. The SMILES string of the molecule is FC(F)(F)c1ccc(-c2[nH]ncc2-c2nc3ccccc3o2)cn1. The Bertz CT molecular complexity index is 969. The predicted octanol–water partition coefficient (Wildman–Crippen LogP) is 4.30. The third-order valence-electron chi connectivity index (χ3n) is 3.51. The highest BCUT2D eigenvalue weighted by atomic mass is 19.4. The van der Waals surface area contributed by atoms with E-state index in [4.69, 9.17) is 4.42 Å². The van der Waals surface area contributed by atoms with Crippen LogP contribution in [0.3, 0.4) is 0 Å². The lowest BCUT2D eigenvalue weighted by Crippen LogP contribution is -2.07. The molecule has 1 N–H and O–H groups in total. The van der Waals surface area contributed by atoms with Gasteiger partial charge in [0.2, 0.25) is 5.89 Å². The normalized spacial score (nSPS) is 12.0. The zero-order valence-electron chi connectivity index (χ0n) is 12.0. The first-order chi connectivity index (χ1) is 11.5. The van der Waals surface area contributed by atoms with Crippen molar-refractivity contribution in [2.45, 2.75) is 6.18 Å². The second kappa shape index (κ2) is 5.19. The number of hydrogen-bond donors (Lipinski definition) is 1. The maximum atomic E-state index is 12.6. The fourth-order valence-electron chi connectivity index (χ4n) is 2.37. The molecule has 0 aliphatic heterocycles. The molecule has 0 fully saturated rings. The zero-order valence-corrected chi connectivity index (χ0v) is 12.0. The third-order valence-corrected chi connectivity index (χ3v) is 3.51.